The molecule has 4 aromatic rings. The van der Waals surface area contributed by atoms with Crippen molar-refractivity contribution in [1.82, 2.24) is 14.9 Å². The van der Waals surface area contributed by atoms with Crippen LogP contribution in [0.15, 0.2) is 84.9 Å². The quantitative estimate of drug-likeness (QED) is 0.581. The molecule has 0 aliphatic rings. The number of hydrogen-bond acceptors (Lipinski definition) is 2. The van der Waals surface area contributed by atoms with Crippen LogP contribution >= 0.6 is 0 Å². The van der Waals surface area contributed by atoms with Crippen molar-refractivity contribution in [3.8, 4) is 0 Å². The number of rotatable bonds is 5. The Morgan fingerprint density at radius 1 is 0.926 bits per heavy atom. The van der Waals surface area contributed by atoms with Crippen LogP contribution in [0.5, 0.6) is 0 Å². The van der Waals surface area contributed by atoms with Gasteiger partial charge in [0.05, 0.1) is 17.1 Å². The highest BCUT2D eigenvalue weighted by molar-refractivity contribution is 5.94. The lowest BCUT2D eigenvalue weighted by Gasteiger charge is -2.19. The molecule has 0 aliphatic heterocycles. The second-order valence-electron chi connectivity index (χ2n) is 6.60. The molecule has 4 nitrogen and oxygen atoms in total. The molecule has 0 saturated carbocycles. The van der Waals surface area contributed by atoms with E-state index in [0.29, 0.717) is 12.0 Å². The number of nitrogens with one attached hydrogen (secondary N) is 1. The minimum absolute atomic E-state index is 0.0939. The van der Waals surface area contributed by atoms with Gasteiger partial charge in [0.25, 0.3) is 5.91 Å². The van der Waals surface area contributed by atoms with E-state index in [1.165, 1.54) is 0 Å². The summed E-state index contributed by atoms with van der Waals surface area (Å²) in [5, 5.41) is 3.18. The zero-order valence-corrected chi connectivity index (χ0v) is 15.2. The number of para-hydroxylation sites is 2. The van der Waals surface area contributed by atoms with Crippen molar-refractivity contribution in [3.05, 3.63) is 102 Å². The Balaban J connectivity index is 1.71. The molecule has 0 fully saturated rings. The maximum atomic E-state index is 12.8. The van der Waals surface area contributed by atoms with Crippen molar-refractivity contribution >= 4 is 16.9 Å². The van der Waals surface area contributed by atoms with E-state index in [1.54, 1.807) is 0 Å². The summed E-state index contributed by atoms with van der Waals surface area (Å²) in [5.74, 6) is 0.757. The largest absolute Gasteiger partial charge is 0.342 e. The summed E-state index contributed by atoms with van der Waals surface area (Å²) < 4.78 is 2.06. The molecular formula is C23H21N3O. The Morgan fingerprint density at radius 3 is 2.26 bits per heavy atom. The average molecular weight is 355 g/mol. The first-order valence-electron chi connectivity index (χ1n) is 9.03. The standard InChI is InChI=1S/C23H21N3O/c1-26-21-15-9-8-14-19(21)24-22(26)20(16-17-10-4-2-5-11-17)25-23(27)18-12-6-3-7-13-18/h2-15,20H,16H2,1H3,(H,25,27)/t20-/m0/s1. The van der Waals surface area contributed by atoms with Gasteiger partial charge < -0.3 is 9.88 Å². The van der Waals surface area contributed by atoms with E-state index in [-0.39, 0.29) is 11.9 Å². The summed E-state index contributed by atoms with van der Waals surface area (Å²) in [5.41, 5.74) is 3.79. The van der Waals surface area contributed by atoms with Crippen LogP contribution in [-0.4, -0.2) is 15.5 Å². The third-order valence-corrected chi connectivity index (χ3v) is 4.76. The second kappa shape index (κ2) is 7.46. The van der Waals surface area contributed by atoms with Gasteiger partial charge in [-0.25, -0.2) is 4.98 Å². The van der Waals surface area contributed by atoms with Gasteiger partial charge in [0, 0.05) is 12.6 Å². The van der Waals surface area contributed by atoms with Crippen molar-refractivity contribution in [2.75, 3.05) is 0 Å². The molecule has 0 unspecified atom stereocenters. The summed E-state index contributed by atoms with van der Waals surface area (Å²) in [7, 11) is 2.00. The van der Waals surface area contributed by atoms with Crippen LogP contribution in [0.3, 0.4) is 0 Å². The predicted molar refractivity (Wildman–Crippen MR) is 108 cm³/mol. The van der Waals surface area contributed by atoms with Crippen molar-refractivity contribution in [1.29, 1.82) is 0 Å². The Bertz CT molecular complexity index is 1050. The number of benzene rings is 3. The Kier molecular flexibility index (Phi) is 4.71. The molecule has 1 heterocycles. The molecule has 134 valence electrons. The SMILES string of the molecule is Cn1c([C@H](Cc2ccccc2)NC(=O)c2ccccc2)nc2ccccc21. The number of carbonyl (C=O) groups excluding carboxylic acids is 1. The number of hydrogen-bond donors (Lipinski definition) is 1. The zero-order valence-electron chi connectivity index (χ0n) is 15.2. The van der Waals surface area contributed by atoms with Crippen LogP contribution in [0.1, 0.15) is 27.8 Å². The van der Waals surface area contributed by atoms with E-state index in [2.05, 4.69) is 22.0 Å². The van der Waals surface area contributed by atoms with Crippen LogP contribution in [0.25, 0.3) is 11.0 Å². The van der Waals surface area contributed by atoms with Gasteiger partial charge in [-0.15, -0.1) is 0 Å². The van der Waals surface area contributed by atoms with Crippen LogP contribution in [0.2, 0.25) is 0 Å². The number of carbonyl (C=O) groups is 1. The van der Waals surface area contributed by atoms with E-state index < -0.39 is 0 Å². The van der Waals surface area contributed by atoms with Gasteiger partial charge in [0.2, 0.25) is 0 Å². The molecule has 1 aromatic heterocycles. The Hall–Kier alpha value is -3.40. The summed E-state index contributed by atoms with van der Waals surface area (Å²) in [6, 6.07) is 27.3. The van der Waals surface area contributed by atoms with Gasteiger partial charge in [-0.1, -0.05) is 60.7 Å². The summed E-state index contributed by atoms with van der Waals surface area (Å²) >= 11 is 0. The maximum absolute atomic E-state index is 12.8. The third kappa shape index (κ3) is 3.60. The van der Waals surface area contributed by atoms with Crippen molar-refractivity contribution in [3.63, 3.8) is 0 Å². The molecular weight excluding hydrogens is 334 g/mol. The number of fused-ring (bicyclic) bond motifs is 1. The average Bonchev–Trinajstić information content (AvgIpc) is 3.06. The van der Waals surface area contributed by atoms with E-state index in [4.69, 9.17) is 4.98 Å². The molecule has 0 radical (unpaired) electrons. The number of amides is 1. The fourth-order valence-electron chi connectivity index (χ4n) is 3.36. The number of imidazole rings is 1. The zero-order chi connectivity index (χ0) is 18.6. The van der Waals surface area contributed by atoms with E-state index in [1.807, 2.05) is 79.8 Å². The topological polar surface area (TPSA) is 46.9 Å². The summed E-state index contributed by atoms with van der Waals surface area (Å²) in [6.07, 6.45) is 0.677. The minimum Gasteiger partial charge on any atom is -0.342 e. The smallest absolute Gasteiger partial charge is 0.251 e. The van der Waals surface area contributed by atoms with Crippen molar-refractivity contribution in [2.24, 2.45) is 7.05 Å². The Labute approximate surface area is 158 Å². The lowest BCUT2D eigenvalue weighted by atomic mass is 10.0. The lowest BCUT2D eigenvalue weighted by Crippen LogP contribution is -2.31. The molecule has 0 saturated heterocycles. The maximum Gasteiger partial charge on any atom is 0.251 e. The van der Waals surface area contributed by atoms with Crippen molar-refractivity contribution < 1.29 is 4.79 Å². The number of aryl methyl sites for hydroxylation is 1. The van der Waals surface area contributed by atoms with Gasteiger partial charge >= 0.3 is 0 Å². The molecule has 4 heteroatoms. The summed E-state index contributed by atoms with van der Waals surface area (Å²) in [6.45, 7) is 0. The monoisotopic (exact) mass is 355 g/mol. The third-order valence-electron chi connectivity index (χ3n) is 4.76. The molecule has 0 spiro atoms. The predicted octanol–water partition coefficient (Wildman–Crippen LogP) is 4.29. The fourth-order valence-corrected chi connectivity index (χ4v) is 3.36. The van der Waals surface area contributed by atoms with Crippen LogP contribution in [0, 0.1) is 0 Å². The Morgan fingerprint density at radius 2 is 1.56 bits per heavy atom. The van der Waals surface area contributed by atoms with Crippen LogP contribution in [0.4, 0.5) is 0 Å². The van der Waals surface area contributed by atoms with Crippen LogP contribution in [-0.2, 0) is 13.5 Å². The highest BCUT2D eigenvalue weighted by Gasteiger charge is 2.22. The molecule has 1 N–H and O–H groups in total. The normalized spacial score (nSPS) is 12.0. The number of aromatic nitrogens is 2. The molecule has 1 atom stereocenters. The first-order chi connectivity index (χ1) is 13.2. The molecule has 27 heavy (non-hydrogen) atoms. The fraction of sp³-hybridized carbons (Fsp3) is 0.130. The molecule has 4 rings (SSSR count). The first kappa shape index (κ1) is 17.0. The highest BCUT2D eigenvalue weighted by Crippen LogP contribution is 2.23. The van der Waals surface area contributed by atoms with E-state index >= 15 is 0 Å². The summed E-state index contributed by atoms with van der Waals surface area (Å²) in [4.78, 5) is 17.6. The van der Waals surface area contributed by atoms with Gasteiger partial charge in [-0.3, -0.25) is 4.79 Å². The second-order valence-corrected chi connectivity index (χ2v) is 6.60. The van der Waals surface area contributed by atoms with Gasteiger partial charge in [-0.2, -0.15) is 0 Å². The molecule has 1 amide bonds. The number of nitrogens with zero attached hydrogens (tertiary/aromatic N) is 2. The molecule has 3 aromatic carbocycles. The minimum atomic E-state index is -0.225. The first-order valence-corrected chi connectivity index (χ1v) is 9.03. The highest BCUT2D eigenvalue weighted by atomic mass is 16.1. The van der Waals surface area contributed by atoms with E-state index in [0.717, 1.165) is 22.4 Å². The lowest BCUT2D eigenvalue weighted by molar-refractivity contribution is 0.0934. The molecule has 0 aliphatic carbocycles. The van der Waals surface area contributed by atoms with E-state index in [9.17, 15) is 4.79 Å². The van der Waals surface area contributed by atoms with Gasteiger partial charge in [0.1, 0.15) is 5.82 Å². The van der Waals surface area contributed by atoms with Gasteiger partial charge in [0.15, 0.2) is 0 Å². The van der Waals surface area contributed by atoms with Crippen molar-refractivity contribution in [2.45, 2.75) is 12.5 Å². The van der Waals surface area contributed by atoms with Gasteiger partial charge in [-0.05, 0) is 36.2 Å². The molecule has 0 bridgehead atoms. The van der Waals surface area contributed by atoms with Crippen LogP contribution < -0.4 is 5.32 Å².